The second-order valence-corrected chi connectivity index (χ2v) is 6.89. The predicted octanol–water partition coefficient (Wildman–Crippen LogP) is 2.16. The molecule has 2 atom stereocenters. The minimum Gasteiger partial charge on any atom is -0.466 e. The Morgan fingerprint density at radius 2 is 1.92 bits per heavy atom. The predicted molar refractivity (Wildman–Crippen MR) is 97.6 cm³/mol. The van der Waals surface area contributed by atoms with Crippen molar-refractivity contribution in [1.82, 2.24) is 4.90 Å². The van der Waals surface area contributed by atoms with E-state index in [4.69, 9.17) is 4.74 Å². The maximum Gasteiger partial charge on any atom is 0.310 e. The molecule has 0 aliphatic carbocycles. The molecule has 0 saturated carbocycles. The van der Waals surface area contributed by atoms with E-state index >= 15 is 0 Å². The normalized spacial score (nSPS) is 24.2. The minimum absolute atomic E-state index is 0.171. The Hall–Kier alpha value is -2.21. The molecule has 2 aliphatic heterocycles. The molecule has 0 radical (unpaired) electrons. The van der Waals surface area contributed by atoms with Crippen molar-refractivity contribution in [3.8, 4) is 0 Å². The standard InChI is InChI=1S/C20H26N2O4/c1-3-14-7-9-16(10-8-14)22-18(23)12-17(19(22)24)21-11-5-6-15(13-21)20(25)26-4-2/h7-10,15,17H,3-6,11-13H2,1-2H3. The fraction of sp³-hybridized carbons (Fsp3) is 0.550. The smallest absolute Gasteiger partial charge is 0.310 e. The Kier molecular flexibility index (Phi) is 5.71. The molecular weight excluding hydrogens is 332 g/mol. The zero-order valence-corrected chi connectivity index (χ0v) is 15.4. The molecule has 6 heteroatoms. The summed E-state index contributed by atoms with van der Waals surface area (Å²) in [4.78, 5) is 40.7. The van der Waals surface area contributed by atoms with E-state index in [1.54, 1.807) is 6.92 Å². The number of hydrogen-bond acceptors (Lipinski definition) is 5. The van der Waals surface area contributed by atoms with E-state index in [9.17, 15) is 14.4 Å². The molecule has 0 bridgehead atoms. The van der Waals surface area contributed by atoms with Crippen LogP contribution in [0.4, 0.5) is 5.69 Å². The SMILES string of the molecule is CCOC(=O)C1CCCN(C2CC(=O)N(c3ccc(CC)cc3)C2=O)C1. The van der Waals surface area contributed by atoms with E-state index in [2.05, 4.69) is 6.92 Å². The lowest BCUT2D eigenvalue weighted by molar-refractivity contribution is -0.150. The third-order valence-corrected chi connectivity index (χ3v) is 5.24. The van der Waals surface area contributed by atoms with Gasteiger partial charge in [-0.2, -0.15) is 0 Å². The molecule has 2 unspecified atom stereocenters. The number of nitrogens with zero attached hydrogens (tertiary/aromatic N) is 2. The first-order valence-corrected chi connectivity index (χ1v) is 9.41. The average molecular weight is 358 g/mol. The zero-order valence-electron chi connectivity index (χ0n) is 15.4. The van der Waals surface area contributed by atoms with E-state index in [0.29, 0.717) is 18.8 Å². The van der Waals surface area contributed by atoms with Gasteiger partial charge in [-0.3, -0.25) is 19.3 Å². The summed E-state index contributed by atoms with van der Waals surface area (Å²) in [5, 5.41) is 0. The number of piperidine rings is 1. The molecule has 3 rings (SSSR count). The number of aryl methyl sites for hydroxylation is 1. The molecule has 2 heterocycles. The Morgan fingerprint density at radius 1 is 1.19 bits per heavy atom. The van der Waals surface area contributed by atoms with Crippen molar-refractivity contribution < 1.29 is 19.1 Å². The highest BCUT2D eigenvalue weighted by molar-refractivity contribution is 6.22. The summed E-state index contributed by atoms with van der Waals surface area (Å²) in [6, 6.07) is 7.07. The first-order chi connectivity index (χ1) is 12.5. The molecule has 2 amide bonds. The van der Waals surface area contributed by atoms with Gasteiger partial charge in [-0.1, -0.05) is 19.1 Å². The molecule has 0 spiro atoms. The van der Waals surface area contributed by atoms with Crippen molar-refractivity contribution >= 4 is 23.5 Å². The summed E-state index contributed by atoms with van der Waals surface area (Å²) in [7, 11) is 0. The molecular formula is C20H26N2O4. The highest BCUT2D eigenvalue weighted by Crippen LogP contribution is 2.29. The summed E-state index contributed by atoms with van der Waals surface area (Å²) >= 11 is 0. The summed E-state index contributed by atoms with van der Waals surface area (Å²) in [5.74, 6) is -0.795. The number of carbonyl (C=O) groups excluding carboxylic acids is 3. The molecule has 2 fully saturated rings. The quantitative estimate of drug-likeness (QED) is 0.596. The molecule has 2 aliphatic rings. The van der Waals surface area contributed by atoms with Crippen LogP contribution in [-0.2, 0) is 25.5 Å². The van der Waals surface area contributed by atoms with E-state index < -0.39 is 6.04 Å². The van der Waals surface area contributed by atoms with Gasteiger partial charge in [0.15, 0.2) is 0 Å². The molecule has 26 heavy (non-hydrogen) atoms. The van der Waals surface area contributed by atoms with E-state index in [-0.39, 0.29) is 30.1 Å². The van der Waals surface area contributed by atoms with Crippen molar-refractivity contribution in [3.63, 3.8) is 0 Å². The van der Waals surface area contributed by atoms with Crippen molar-refractivity contribution in [1.29, 1.82) is 0 Å². The Balaban J connectivity index is 1.72. The number of ether oxygens (including phenoxy) is 1. The summed E-state index contributed by atoms with van der Waals surface area (Å²) in [5.41, 5.74) is 1.79. The van der Waals surface area contributed by atoms with Gasteiger partial charge in [-0.05, 0) is 50.4 Å². The number of likely N-dealkylation sites (tertiary alicyclic amines) is 1. The van der Waals surface area contributed by atoms with Crippen LogP contribution in [0, 0.1) is 5.92 Å². The van der Waals surface area contributed by atoms with Gasteiger partial charge in [-0.15, -0.1) is 0 Å². The van der Waals surface area contributed by atoms with E-state index in [0.717, 1.165) is 31.4 Å². The number of benzene rings is 1. The van der Waals surface area contributed by atoms with Crippen molar-refractivity contribution in [2.24, 2.45) is 5.92 Å². The highest BCUT2D eigenvalue weighted by Gasteiger charge is 2.44. The number of hydrogen-bond donors (Lipinski definition) is 0. The average Bonchev–Trinajstić information content (AvgIpc) is 2.96. The molecule has 140 valence electrons. The van der Waals surface area contributed by atoms with Crippen LogP contribution in [0.15, 0.2) is 24.3 Å². The van der Waals surface area contributed by atoms with Gasteiger partial charge in [0, 0.05) is 6.54 Å². The van der Waals surface area contributed by atoms with Gasteiger partial charge in [0.05, 0.1) is 30.7 Å². The van der Waals surface area contributed by atoms with E-state index in [1.807, 2.05) is 29.2 Å². The Morgan fingerprint density at radius 3 is 2.58 bits per heavy atom. The van der Waals surface area contributed by atoms with Gasteiger partial charge >= 0.3 is 5.97 Å². The third kappa shape index (κ3) is 3.65. The number of imide groups is 1. The maximum absolute atomic E-state index is 12.9. The van der Waals surface area contributed by atoms with Crippen LogP contribution in [0.5, 0.6) is 0 Å². The minimum atomic E-state index is -0.481. The van der Waals surface area contributed by atoms with Crippen molar-refractivity contribution in [2.75, 3.05) is 24.6 Å². The number of rotatable bonds is 5. The lowest BCUT2D eigenvalue weighted by atomic mass is 9.96. The van der Waals surface area contributed by atoms with E-state index in [1.165, 1.54) is 4.90 Å². The zero-order chi connectivity index (χ0) is 18.7. The van der Waals surface area contributed by atoms with Crippen LogP contribution in [0.3, 0.4) is 0 Å². The summed E-state index contributed by atoms with van der Waals surface area (Å²) < 4.78 is 5.12. The van der Waals surface area contributed by atoms with Crippen LogP contribution in [0.25, 0.3) is 0 Å². The second-order valence-electron chi connectivity index (χ2n) is 6.89. The summed E-state index contributed by atoms with van der Waals surface area (Å²) in [6.07, 6.45) is 2.68. The maximum atomic E-state index is 12.9. The molecule has 0 aromatic heterocycles. The van der Waals surface area contributed by atoms with Crippen molar-refractivity contribution in [3.05, 3.63) is 29.8 Å². The highest BCUT2D eigenvalue weighted by atomic mass is 16.5. The van der Waals surface area contributed by atoms with Crippen LogP contribution < -0.4 is 4.90 Å². The third-order valence-electron chi connectivity index (χ3n) is 5.24. The number of carbonyl (C=O) groups is 3. The van der Waals surface area contributed by atoms with Gasteiger partial charge in [0.25, 0.3) is 5.91 Å². The first-order valence-electron chi connectivity index (χ1n) is 9.41. The van der Waals surface area contributed by atoms with Gasteiger partial charge in [-0.25, -0.2) is 4.90 Å². The lowest BCUT2D eigenvalue weighted by Crippen LogP contribution is -2.48. The lowest BCUT2D eigenvalue weighted by Gasteiger charge is -2.34. The monoisotopic (exact) mass is 358 g/mol. The van der Waals surface area contributed by atoms with Crippen LogP contribution in [-0.4, -0.2) is 48.4 Å². The molecule has 1 aromatic carbocycles. The van der Waals surface area contributed by atoms with Crippen LogP contribution in [0.1, 0.15) is 38.7 Å². The van der Waals surface area contributed by atoms with Gasteiger partial charge in [0.2, 0.25) is 5.91 Å². The molecule has 6 nitrogen and oxygen atoms in total. The topological polar surface area (TPSA) is 66.9 Å². The number of esters is 1. The Bertz CT molecular complexity index is 686. The fourth-order valence-corrected chi connectivity index (χ4v) is 3.80. The summed E-state index contributed by atoms with van der Waals surface area (Å²) in [6.45, 7) is 5.41. The molecule has 0 N–H and O–H groups in total. The second kappa shape index (κ2) is 7.99. The first kappa shape index (κ1) is 18.6. The van der Waals surface area contributed by atoms with Crippen LogP contribution >= 0.6 is 0 Å². The number of anilines is 1. The molecule has 1 aromatic rings. The van der Waals surface area contributed by atoms with Crippen molar-refractivity contribution in [2.45, 2.75) is 45.6 Å². The van der Waals surface area contributed by atoms with Gasteiger partial charge in [0.1, 0.15) is 0 Å². The number of amides is 2. The van der Waals surface area contributed by atoms with Crippen LogP contribution in [0.2, 0.25) is 0 Å². The largest absolute Gasteiger partial charge is 0.466 e. The Labute approximate surface area is 154 Å². The fourth-order valence-electron chi connectivity index (χ4n) is 3.80. The molecule has 2 saturated heterocycles. The van der Waals surface area contributed by atoms with Gasteiger partial charge < -0.3 is 4.74 Å².